The first-order valence-electron chi connectivity index (χ1n) is 9.96. The number of aromatic nitrogens is 1. The predicted octanol–water partition coefficient (Wildman–Crippen LogP) is 3.41. The summed E-state index contributed by atoms with van der Waals surface area (Å²) >= 11 is 2.35. The summed E-state index contributed by atoms with van der Waals surface area (Å²) < 4.78 is 5.92. The van der Waals surface area contributed by atoms with Crippen molar-refractivity contribution < 1.29 is 19.4 Å². The van der Waals surface area contributed by atoms with Gasteiger partial charge in [-0.2, -0.15) is 0 Å². The lowest BCUT2D eigenvalue weighted by molar-refractivity contribution is -0.113. The van der Waals surface area contributed by atoms with Gasteiger partial charge in [0.2, 0.25) is 5.91 Å². The molecule has 170 valence electrons. The van der Waals surface area contributed by atoms with E-state index in [2.05, 4.69) is 15.6 Å². The monoisotopic (exact) mass is 475 g/mol. The minimum atomic E-state index is -0.509. The quantitative estimate of drug-likeness (QED) is 0.278. The number of aromatic amines is 1. The molecule has 0 unspecified atom stereocenters. The van der Waals surface area contributed by atoms with Crippen molar-refractivity contribution in [2.45, 2.75) is 24.5 Å². The van der Waals surface area contributed by atoms with Crippen molar-refractivity contribution in [1.29, 1.82) is 0 Å². The van der Waals surface area contributed by atoms with Gasteiger partial charge in [-0.15, -0.1) is 23.1 Å². The number of pyridine rings is 1. The molecular weight excluding hydrogens is 450 g/mol. The molecule has 3 aromatic rings. The molecule has 0 bridgehead atoms. The van der Waals surface area contributed by atoms with E-state index in [1.807, 2.05) is 32.0 Å². The lowest BCUT2D eigenvalue weighted by atomic mass is 10.1. The predicted molar refractivity (Wildman–Crippen MR) is 128 cm³/mol. The van der Waals surface area contributed by atoms with Gasteiger partial charge in [0.25, 0.3) is 11.5 Å². The van der Waals surface area contributed by atoms with Gasteiger partial charge in [0.15, 0.2) is 0 Å². The summed E-state index contributed by atoms with van der Waals surface area (Å²) in [7, 11) is 1.58. The Hall–Kier alpha value is -2.82. The standard InChI is InChI=1S/C22H25N3O5S2/c1-12-5-6-13(2)14(9-12)24-17(28)11-31-22-18(21(29)23-7-4-8-30-3)19-20(32-22)15(26)10-16(27)25-19/h5-6,9-10H,4,7-8,11H2,1-3H3,(H,23,29)(H,24,28)(H2,25,26,27). The number of thiophene rings is 1. The first kappa shape index (κ1) is 23.8. The van der Waals surface area contributed by atoms with Crippen molar-refractivity contribution in [3.05, 3.63) is 51.3 Å². The molecule has 8 nitrogen and oxygen atoms in total. The summed E-state index contributed by atoms with van der Waals surface area (Å²) in [4.78, 5) is 40.0. The van der Waals surface area contributed by atoms with E-state index in [4.69, 9.17) is 4.74 Å². The minimum absolute atomic E-state index is 0.0646. The number of H-pyrrole nitrogens is 1. The highest BCUT2D eigenvalue weighted by Crippen LogP contribution is 2.40. The van der Waals surface area contributed by atoms with E-state index in [9.17, 15) is 19.5 Å². The lowest BCUT2D eigenvalue weighted by Gasteiger charge is -2.10. The largest absolute Gasteiger partial charge is 0.506 e. The van der Waals surface area contributed by atoms with Gasteiger partial charge in [-0.3, -0.25) is 14.4 Å². The molecular formula is C22H25N3O5S2. The van der Waals surface area contributed by atoms with Gasteiger partial charge in [-0.25, -0.2) is 0 Å². The molecule has 10 heteroatoms. The molecule has 32 heavy (non-hydrogen) atoms. The van der Waals surface area contributed by atoms with Crippen LogP contribution in [0.5, 0.6) is 5.75 Å². The highest BCUT2D eigenvalue weighted by atomic mass is 32.2. The molecule has 0 spiro atoms. The summed E-state index contributed by atoms with van der Waals surface area (Å²) in [5.74, 6) is -0.736. The van der Waals surface area contributed by atoms with Crippen molar-refractivity contribution in [1.82, 2.24) is 10.3 Å². The molecule has 0 saturated heterocycles. The van der Waals surface area contributed by atoms with Gasteiger partial charge in [-0.1, -0.05) is 12.1 Å². The summed E-state index contributed by atoms with van der Waals surface area (Å²) in [6.07, 6.45) is 0.632. The summed E-state index contributed by atoms with van der Waals surface area (Å²) in [6, 6.07) is 6.89. The van der Waals surface area contributed by atoms with E-state index >= 15 is 0 Å². The Kier molecular flexibility index (Phi) is 7.94. The number of hydrogen-bond acceptors (Lipinski definition) is 7. The second-order valence-electron chi connectivity index (χ2n) is 7.24. The SMILES string of the molecule is COCCCNC(=O)c1c(SCC(=O)Nc2cc(C)ccc2C)sc2c(O)cc(=O)[nH]c12. The maximum Gasteiger partial charge on any atom is 0.255 e. The number of thioether (sulfide) groups is 1. The number of benzene rings is 1. The van der Waals surface area contributed by atoms with Gasteiger partial charge in [0.1, 0.15) is 5.75 Å². The fourth-order valence-corrected chi connectivity index (χ4v) is 5.30. The van der Waals surface area contributed by atoms with E-state index in [1.165, 1.54) is 11.8 Å². The molecule has 2 aromatic heterocycles. The van der Waals surface area contributed by atoms with Crippen LogP contribution in [0, 0.1) is 13.8 Å². The fraction of sp³-hybridized carbons (Fsp3) is 0.318. The van der Waals surface area contributed by atoms with Crippen LogP contribution in [0.4, 0.5) is 5.69 Å². The Bertz CT molecular complexity index is 1200. The Morgan fingerprint density at radius 1 is 1.25 bits per heavy atom. The lowest BCUT2D eigenvalue weighted by Crippen LogP contribution is -2.26. The number of amides is 2. The second-order valence-corrected chi connectivity index (χ2v) is 9.51. The maximum atomic E-state index is 12.9. The minimum Gasteiger partial charge on any atom is -0.506 e. The third-order valence-corrected chi connectivity index (χ3v) is 7.15. The van der Waals surface area contributed by atoms with Crippen molar-refractivity contribution in [2.24, 2.45) is 0 Å². The Morgan fingerprint density at radius 3 is 2.78 bits per heavy atom. The average molecular weight is 476 g/mol. The molecule has 2 amide bonds. The molecule has 0 aliphatic heterocycles. The van der Waals surface area contributed by atoms with Gasteiger partial charge in [0, 0.05) is 32.0 Å². The van der Waals surface area contributed by atoms with Crippen LogP contribution in [0.3, 0.4) is 0 Å². The van der Waals surface area contributed by atoms with Crippen LogP contribution >= 0.6 is 23.1 Å². The number of anilines is 1. The molecule has 0 atom stereocenters. The molecule has 0 radical (unpaired) electrons. The van der Waals surface area contributed by atoms with Crippen LogP contribution < -0.4 is 16.2 Å². The maximum absolute atomic E-state index is 12.9. The third kappa shape index (κ3) is 5.70. The Balaban J connectivity index is 1.82. The number of rotatable bonds is 9. The third-order valence-electron chi connectivity index (χ3n) is 4.66. The number of nitrogens with one attached hydrogen (secondary N) is 3. The van der Waals surface area contributed by atoms with Crippen LogP contribution in [0.25, 0.3) is 10.2 Å². The van der Waals surface area contributed by atoms with E-state index < -0.39 is 5.56 Å². The van der Waals surface area contributed by atoms with Crippen molar-refractivity contribution in [2.75, 3.05) is 31.3 Å². The van der Waals surface area contributed by atoms with Crippen LogP contribution in [0.2, 0.25) is 0 Å². The Labute approximate surface area is 193 Å². The van der Waals surface area contributed by atoms with E-state index in [0.717, 1.165) is 34.2 Å². The highest BCUT2D eigenvalue weighted by molar-refractivity contribution is 8.02. The highest BCUT2D eigenvalue weighted by Gasteiger charge is 2.23. The second kappa shape index (κ2) is 10.7. The van der Waals surface area contributed by atoms with E-state index in [1.54, 1.807) is 7.11 Å². The number of hydrogen-bond donors (Lipinski definition) is 4. The zero-order valence-electron chi connectivity index (χ0n) is 18.0. The molecule has 1 aromatic carbocycles. The first-order chi connectivity index (χ1) is 15.3. The van der Waals surface area contributed by atoms with Crippen molar-refractivity contribution in [3.8, 4) is 5.75 Å². The molecule has 0 aliphatic carbocycles. The van der Waals surface area contributed by atoms with E-state index in [-0.39, 0.29) is 34.4 Å². The van der Waals surface area contributed by atoms with Gasteiger partial charge in [-0.05, 0) is 37.5 Å². The normalized spacial score (nSPS) is 11.0. The number of fused-ring (bicyclic) bond motifs is 1. The zero-order valence-corrected chi connectivity index (χ0v) is 19.7. The van der Waals surface area contributed by atoms with Crippen LogP contribution in [0.1, 0.15) is 27.9 Å². The zero-order chi connectivity index (χ0) is 23.3. The van der Waals surface area contributed by atoms with E-state index in [0.29, 0.717) is 28.5 Å². The van der Waals surface area contributed by atoms with Crippen molar-refractivity contribution >= 4 is 50.8 Å². The number of methoxy groups -OCH3 is 1. The summed E-state index contributed by atoms with van der Waals surface area (Å²) in [5, 5.41) is 15.9. The van der Waals surface area contributed by atoms with Crippen LogP contribution in [-0.2, 0) is 9.53 Å². The van der Waals surface area contributed by atoms with Gasteiger partial charge >= 0.3 is 0 Å². The fourth-order valence-electron chi connectivity index (χ4n) is 3.06. The van der Waals surface area contributed by atoms with Crippen molar-refractivity contribution in [3.63, 3.8) is 0 Å². The molecule has 4 N–H and O–H groups in total. The van der Waals surface area contributed by atoms with Crippen LogP contribution in [-0.4, -0.2) is 47.9 Å². The number of aromatic hydroxyl groups is 1. The number of carbonyl (C=O) groups excluding carboxylic acids is 2. The van der Waals surface area contributed by atoms with Gasteiger partial charge in [0.05, 0.1) is 25.7 Å². The molecule has 2 heterocycles. The first-order valence-corrected chi connectivity index (χ1v) is 11.8. The summed E-state index contributed by atoms with van der Waals surface area (Å²) in [5.41, 5.74) is 2.74. The topological polar surface area (TPSA) is 121 Å². The van der Waals surface area contributed by atoms with Crippen LogP contribution in [0.15, 0.2) is 33.3 Å². The number of aryl methyl sites for hydroxylation is 2. The Morgan fingerprint density at radius 2 is 2.03 bits per heavy atom. The molecule has 3 rings (SSSR count). The number of ether oxygens (including phenoxy) is 1. The molecule has 0 saturated carbocycles. The smallest absolute Gasteiger partial charge is 0.255 e. The molecule has 0 fully saturated rings. The molecule has 0 aliphatic rings. The van der Waals surface area contributed by atoms with Gasteiger partial charge < -0.3 is 25.5 Å². The number of carbonyl (C=O) groups is 2. The summed E-state index contributed by atoms with van der Waals surface area (Å²) in [6.45, 7) is 4.76. The average Bonchev–Trinajstić information content (AvgIpc) is 3.11.